The van der Waals surface area contributed by atoms with Crippen molar-refractivity contribution in [1.29, 1.82) is 0 Å². The Morgan fingerprint density at radius 1 is 0.514 bits per heavy atom. The second kappa shape index (κ2) is 15.7. The molecule has 0 saturated heterocycles. The molecule has 0 bridgehead atoms. The minimum absolute atomic E-state index is 0.00509. The molecule has 358 valence electrons. The van der Waals surface area contributed by atoms with Gasteiger partial charge in [0, 0.05) is 65.3 Å². The summed E-state index contributed by atoms with van der Waals surface area (Å²) in [7, 11) is 0. The molecule has 0 amide bonds. The molecule has 3 aliphatic heterocycles. The van der Waals surface area contributed by atoms with Crippen LogP contribution in [-0.2, 0) is 16.2 Å². The van der Waals surface area contributed by atoms with Gasteiger partial charge in [-0.1, -0.05) is 146 Å². The maximum Gasteiger partial charge on any atom is 0.252 e. The Balaban J connectivity index is 1.13. The minimum atomic E-state index is -0.0780. The first-order valence-corrected chi connectivity index (χ1v) is 27.3. The zero-order chi connectivity index (χ0) is 49.8. The van der Waals surface area contributed by atoms with Gasteiger partial charge >= 0.3 is 0 Å². The number of aryl methyl sites for hydroxylation is 3. The molecule has 9 aromatic rings. The summed E-state index contributed by atoms with van der Waals surface area (Å²) in [6, 6.07) is 59.4. The summed E-state index contributed by atoms with van der Waals surface area (Å²) in [4.78, 5) is 8.14. The van der Waals surface area contributed by atoms with Gasteiger partial charge in [-0.05, 0) is 173 Å². The molecule has 72 heavy (non-hydrogen) atoms. The Bertz CT molecular complexity index is 3720. The largest absolute Gasteiger partial charge is 0.334 e. The quantitative estimate of drug-likeness (QED) is 0.163. The molecule has 4 heterocycles. The molecule has 3 nitrogen and oxygen atoms in total. The van der Waals surface area contributed by atoms with Crippen LogP contribution >= 0.6 is 11.3 Å². The van der Waals surface area contributed by atoms with Crippen molar-refractivity contribution in [3.8, 4) is 11.1 Å². The van der Waals surface area contributed by atoms with Gasteiger partial charge in [-0.3, -0.25) is 0 Å². The summed E-state index contributed by atoms with van der Waals surface area (Å²) < 4.78 is 2.63. The average Bonchev–Trinajstić information content (AvgIpc) is 3.83. The lowest BCUT2D eigenvalue weighted by atomic mass is 9.33. The van der Waals surface area contributed by atoms with Crippen molar-refractivity contribution in [2.45, 2.75) is 124 Å². The maximum atomic E-state index is 2.80. The number of rotatable bonds is 4. The van der Waals surface area contributed by atoms with Crippen molar-refractivity contribution in [1.82, 2.24) is 0 Å². The average molecular weight is 956 g/mol. The number of nitrogens with zero attached hydrogens (tertiary/aromatic N) is 3. The topological polar surface area (TPSA) is 9.72 Å². The van der Waals surface area contributed by atoms with Gasteiger partial charge in [-0.15, -0.1) is 11.3 Å². The van der Waals surface area contributed by atoms with E-state index in [1.807, 2.05) is 11.3 Å². The van der Waals surface area contributed by atoms with Crippen molar-refractivity contribution in [2.24, 2.45) is 0 Å². The molecule has 1 fully saturated rings. The lowest BCUT2D eigenvalue weighted by molar-refractivity contribution is 0.194. The fourth-order valence-electron chi connectivity index (χ4n) is 14.0. The fraction of sp³-hybridized carbons (Fsp3) is 0.284. The van der Waals surface area contributed by atoms with Crippen LogP contribution in [-0.4, -0.2) is 12.3 Å². The Morgan fingerprint density at radius 2 is 1.12 bits per heavy atom. The molecule has 0 N–H and O–H groups in total. The maximum absolute atomic E-state index is 2.80. The summed E-state index contributed by atoms with van der Waals surface area (Å²) in [5.74, 6) is 0. The molecule has 5 heteroatoms. The summed E-state index contributed by atoms with van der Waals surface area (Å²) in [5.41, 5.74) is 24.8. The first kappa shape index (κ1) is 45.3. The molecular formula is C67H66BN3S. The molecule has 0 radical (unpaired) electrons. The fourth-order valence-corrected chi connectivity index (χ4v) is 15.1. The highest BCUT2D eigenvalue weighted by Crippen LogP contribution is 2.62. The van der Waals surface area contributed by atoms with Crippen LogP contribution in [0.15, 0.2) is 152 Å². The lowest BCUT2D eigenvalue weighted by Crippen LogP contribution is -2.61. The molecule has 1 saturated carbocycles. The van der Waals surface area contributed by atoms with E-state index >= 15 is 0 Å². The predicted molar refractivity (Wildman–Crippen MR) is 313 cm³/mol. The second-order valence-electron chi connectivity index (χ2n) is 24.3. The van der Waals surface area contributed by atoms with Gasteiger partial charge in [-0.25, -0.2) is 0 Å². The van der Waals surface area contributed by atoms with Gasteiger partial charge < -0.3 is 14.7 Å². The third-order valence-electron chi connectivity index (χ3n) is 17.7. The number of hydrogen-bond acceptors (Lipinski definition) is 4. The Kier molecular flexibility index (Phi) is 9.90. The van der Waals surface area contributed by atoms with Crippen LogP contribution in [0.2, 0.25) is 0 Å². The van der Waals surface area contributed by atoms with Crippen LogP contribution in [0.5, 0.6) is 0 Å². The molecule has 4 aliphatic rings. The molecule has 1 aliphatic carbocycles. The molecule has 1 aromatic heterocycles. The highest BCUT2D eigenvalue weighted by Gasteiger charge is 2.58. The van der Waals surface area contributed by atoms with E-state index < -0.39 is 0 Å². The standard InChI is InChI=1S/C67H66BN3S/c1-41-34-43(3)62-56(35-41)71(67(11)33-18-17-32-66(62,67)10)47-28-30-51-55(40-47)70(53-23-19-25-60-61(53)48-22-15-16-24-59(48)72-60)58-37-42(2)36-57-63(58)68(51)50-29-26-46(65(7,8)9)39-54(50)69(57)52-31-27-45(64(4,5)6)38-49(52)44-20-13-12-14-21-44/h12-16,19-31,34-40H,17-18,32-33H2,1-11H3. The van der Waals surface area contributed by atoms with E-state index in [-0.39, 0.29) is 28.5 Å². The number of hydrogen-bond donors (Lipinski definition) is 0. The van der Waals surface area contributed by atoms with Crippen molar-refractivity contribution in [3.05, 3.63) is 185 Å². The Morgan fingerprint density at radius 3 is 1.88 bits per heavy atom. The molecule has 2 unspecified atom stereocenters. The smallest absolute Gasteiger partial charge is 0.252 e. The van der Waals surface area contributed by atoms with Gasteiger partial charge in [0.15, 0.2) is 0 Å². The van der Waals surface area contributed by atoms with Crippen molar-refractivity contribution < 1.29 is 0 Å². The highest BCUT2D eigenvalue weighted by atomic mass is 32.1. The molecule has 2 atom stereocenters. The van der Waals surface area contributed by atoms with E-state index in [1.54, 1.807) is 5.56 Å². The van der Waals surface area contributed by atoms with Crippen LogP contribution < -0.4 is 31.1 Å². The first-order valence-electron chi connectivity index (χ1n) is 26.5. The number of anilines is 8. The van der Waals surface area contributed by atoms with E-state index in [4.69, 9.17) is 0 Å². The van der Waals surface area contributed by atoms with Crippen molar-refractivity contribution in [3.63, 3.8) is 0 Å². The summed E-state index contributed by atoms with van der Waals surface area (Å²) in [6.07, 6.45) is 4.87. The summed E-state index contributed by atoms with van der Waals surface area (Å²) in [6.45, 7) is 26.2. The van der Waals surface area contributed by atoms with Gasteiger partial charge in [0.05, 0.1) is 16.9 Å². The van der Waals surface area contributed by atoms with Crippen molar-refractivity contribution >= 4 is 100 Å². The van der Waals surface area contributed by atoms with Crippen LogP contribution in [0.4, 0.5) is 45.5 Å². The lowest BCUT2D eigenvalue weighted by Gasteiger charge is -2.51. The van der Waals surface area contributed by atoms with Crippen LogP contribution in [0.25, 0.3) is 31.3 Å². The first-order chi connectivity index (χ1) is 34.4. The SMILES string of the molecule is Cc1cc2c3c(c1)N(c1cccc4sc5ccccc5c14)c1cc(N4c5cc(C)cc(C)c5C5(C)CCCCC45C)ccc1B3c1ccc(C(C)(C)C)cc1N2c1ccc(C(C)(C)C)cc1-c1ccccc1. The van der Waals surface area contributed by atoms with Crippen LogP contribution in [0.3, 0.4) is 0 Å². The third-order valence-corrected chi connectivity index (χ3v) is 18.8. The number of benzene rings is 8. The Hall–Kier alpha value is -6.56. The van der Waals surface area contributed by atoms with E-state index in [9.17, 15) is 0 Å². The van der Waals surface area contributed by atoms with E-state index in [0.717, 1.165) is 6.42 Å². The monoisotopic (exact) mass is 956 g/mol. The molecule has 8 aromatic carbocycles. The summed E-state index contributed by atoms with van der Waals surface area (Å²) >= 11 is 1.91. The summed E-state index contributed by atoms with van der Waals surface area (Å²) in [5, 5.41) is 2.63. The van der Waals surface area contributed by atoms with Crippen LogP contribution in [0, 0.1) is 20.8 Å². The minimum Gasteiger partial charge on any atom is -0.334 e. The van der Waals surface area contributed by atoms with E-state index in [2.05, 4.69) is 243 Å². The molecule has 0 spiro atoms. The zero-order valence-electron chi connectivity index (χ0n) is 44.1. The zero-order valence-corrected chi connectivity index (χ0v) is 44.9. The van der Waals surface area contributed by atoms with Gasteiger partial charge in [0.25, 0.3) is 6.71 Å². The number of thiophene rings is 1. The normalized spacial score (nSPS) is 19.1. The van der Waals surface area contributed by atoms with Crippen molar-refractivity contribution in [2.75, 3.05) is 14.7 Å². The van der Waals surface area contributed by atoms with E-state index in [0.29, 0.717) is 0 Å². The van der Waals surface area contributed by atoms with E-state index in [1.165, 1.54) is 140 Å². The number of fused-ring (bicyclic) bond motifs is 10. The van der Waals surface area contributed by atoms with Gasteiger partial charge in [0.1, 0.15) is 0 Å². The highest BCUT2D eigenvalue weighted by molar-refractivity contribution is 7.26. The predicted octanol–water partition coefficient (Wildman–Crippen LogP) is 17.1. The second-order valence-corrected chi connectivity index (χ2v) is 25.4. The Labute approximate surface area is 432 Å². The van der Waals surface area contributed by atoms with Crippen LogP contribution in [0.1, 0.15) is 114 Å². The van der Waals surface area contributed by atoms with Gasteiger partial charge in [0.2, 0.25) is 0 Å². The third kappa shape index (κ3) is 6.48. The molecular weight excluding hydrogens is 890 g/mol. The molecule has 13 rings (SSSR count). The van der Waals surface area contributed by atoms with Gasteiger partial charge in [-0.2, -0.15) is 0 Å².